The summed E-state index contributed by atoms with van der Waals surface area (Å²) in [5.41, 5.74) is 3.86. The van der Waals surface area contributed by atoms with Gasteiger partial charge >= 0.3 is 0 Å². The van der Waals surface area contributed by atoms with Crippen molar-refractivity contribution in [3.63, 3.8) is 0 Å². The lowest BCUT2D eigenvalue weighted by Gasteiger charge is -2.17. The first-order valence-electron chi connectivity index (χ1n) is 10.9. The second kappa shape index (κ2) is 10.0. The number of H-pyrrole nitrogens is 1. The van der Waals surface area contributed by atoms with Crippen molar-refractivity contribution in [1.82, 2.24) is 14.9 Å². The van der Waals surface area contributed by atoms with Crippen LogP contribution in [-0.2, 0) is 12.3 Å². The Labute approximate surface area is 207 Å². The first-order valence-corrected chi connectivity index (χ1v) is 12.7. The van der Waals surface area contributed by atoms with E-state index in [1.165, 1.54) is 27.4 Å². The predicted molar refractivity (Wildman–Crippen MR) is 139 cm³/mol. The maximum Gasteiger partial charge on any atom is 0.264 e. The van der Waals surface area contributed by atoms with Crippen molar-refractivity contribution in [2.45, 2.75) is 38.0 Å². The second-order valence-corrected chi connectivity index (χ2v) is 10.3. The zero-order chi connectivity index (χ0) is 24.4. The number of ether oxygens (including phenoxy) is 1. The lowest BCUT2D eigenvalue weighted by Crippen LogP contribution is -2.26. The number of carbonyl (C=O) groups is 1. The average Bonchev–Trinajstić information content (AvgIpc) is 3.16. The van der Waals surface area contributed by atoms with Crippen LogP contribution in [0.25, 0.3) is 10.2 Å². The van der Waals surface area contributed by atoms with Gasteiger partial charge in [-0.05, 0) is 55.7 Å². The SMILES string of the molecule is COc1ccc(CN(C)C(=O)c2sc3nc(CSc4cc(C)ccc4C)[nH]c(=O)c3c2C)cc1. The molecule has 2 heterocycles. The van der Waals surface area contributed by atoms with Crippen LogP contribution in [0.1, 0.15) is 37.7 Å². The molecule has 0 aliphatic rings. The molecule has 0 unspecified atom stereocenters. The standard InChI is InChI=1S/C26H27N3O3S2/c1-15-6-7-16(2)20(12-15)33-14-21-27-24(30)22-17(3)23(34-25(22)28-21)26(31)29(4)13-18-8-10-19(32-5)11-9-18/h6-12H,13-14H2,1-5H3,(H,27,28,30). The molecule has 1 amide bonds. The Hall–Kier alpha value is -3.10. The number of fused-ring (bicyclic) bond motifs is 1. The molecule has 0 aliphatic carbocycles. The summed E-state index contributed by atoms with van der Waals surface area (Å²) in [7, 11) is 3.39. The van der Waals surface area contributed by atoms with Crippen molar-refractivity contribution >= 4 is 39.2 Å². The number of carbonyl (C=O) groups excluding carboxylic acids is 1. The summed E-state index contributed by atoms with van der Waals surface area (Å²) in [5, 5.41) is 0.492. The molecule has 176 valence electrons. The van der Waals surface area contributed by atoms with Gasteiger partial charge in [0.2, 0.25) is 0 Å². The zero-order valence-corrected chi connectivity index (χ0v) is 21.5. The monoisotopic (exact) mass is 493 g/mol. The third kappa shape index (κ3) is 5.03. The molecule has 0 fully saturated rings. The summed E-state index contributed by atoms with van der Waals surface area (Å²) in [5.74, 6) is 1.81. The molecule has 0 atom stereocenters. The number of aromatic amines is 1. The number of thiophene rings is 1. The van der Waals surface area contributed by atoms with Crippen LogP contribution < -0.4 is 10.3 Å². The van der Waals surface area contributed by atoms with Gasteiger partial charge in [-0.1, -0.05) is 29.8 Å². The molecular weight excluding hydrogens is 466 g/mol. The summed E-state index contributed by atoms with van der Waals surface area (Å²) in [6.07, 6.45) is 0. The number of hydrogen-bond donors (Lipinski definition) is 1. The molecule has 0 spiro atoms. The summed E-state index contributed by atoms with van der Waals surface area (Å²) < 4.78 is 5.19. The van der Waals surface area contributed by atoms with E-state index in [9.17, 15) is 9.59 Å². The van der Waals surface area contributed by atoms with Gasteiger partial charge in [0.25, 0.3) is 11.5 Å². The number of amides is 1. The Bertz CT molecular complexity index is 1410. The van der Waals surface area contributed by atoms with Gasteiger partial charge in [-0.15, -0.1) is 23.1 Å². The maximum atomic E-state index is 13.2. The minimum absolute atomic E-state index is 0.123. The van der Waals surface area contributed by atoms with Gasteiger partial charge in [-0.2, -0.15) is 0 Å². The highest BCUT2D eigenvalue weighted by Crippen LogP contribution is 2.30. The average molecular weight is 494 g/mol. The number of nitrogens with zero attached hydrogens (tertiary/aromatic N) is 2. The van der Waals surface area contributed by atoms with Crippen LogP contribution in [0.15, 0.2) is 52.2 Å². The van der Waals surface area contributed by atoms with Crippen LogP contribution in [0, 0.1) is 20.8 Å². The second-order valence-electron chi connectivity index (χ2n) is 8.32. The van der Waals surface area contributed by atoms with E-state index in [-0.39, 0.29) is 11.5 Å². The largest absolute Gasteiger partial charge is 0.497 e. The number of aromatic nitrogens is 2. The van der Waals surface area contributed by atoms with Crippen molar-refractivity contribution in [2.75, 3.05) is 14.2 Å². The molecule has 34 heavy (non-hydrogen) atoms. The highest BCUT2D eigenvalue weighted by molar-refractivity contribution is 7.98. The molecule has 4 aromatic rings. The minimum atomic E-state index is -0.202. The third-order valence-electron chi connectivity index (χ3n) is 5.68. The lowest BCUT2D eigenvalue weighted by molar-refractivity contribution is 0.0789. The maximum absolute atomic E-state index is 13.2. The molecule has 2 aromatic heterocycles. The number of thioether (sulfide) groups is 1. The van der Waals surface area contributed by atoms with E-state index in [0.29, 0.717) is 38.8 Å². The third-order valence-corrected chi connectivity index (χ3v) is 8.02. The first-order chi connectivity index (χ1) is 16.3. The molecular formula is C26H27N3O3S2. The zero-order valence-electron chi connectivity index (χ0n) is 19.9. The molecule has 0 saturated heterocycles. The fraction of sp³-hybridized carbons (Fsp3) is 0.269. The first kappa shape index (κ1) is 24.0. The van der Waals surface area contributed by atoms with Crippen LogP contribution in [0.4, 0.5) is 0 Å². The fourth-order valence-corrected chi connectivity index (χ4v) is 5.91. The van der Waals surface area contributed by atoms with E-state index in [2.05, 4.69) is 42.0 Å². The van der Waals surface area contributed by atoms with Gasteiger partial charge in [-0.25, -0.2) is 4.98 Å². The number of hydrogen-bond acceptors (Lipinski definition) is 6. The number of rotatable bonds is 7. The number of methoxy groups -OCH3 is 1. The molecule has 0 saturated carbocycles. The Morgan fingerprint density at radius 1 is 1.15 bits per heavy atom. The number of benzene rings is 2. The smallest absolute Gasteiger partial charge is 0.264 e. The Morgan fingerprint density at radius 3 is 2.59 bits per heavy atom. The van der Waals surface area contributed by atoms with Crippen molar-refractivity contribution < 1.29 is 9.53 Å². The van der Waals surface area contributed by atoms with Gasteiger partial charge in [0, 0.05) is 18.5 Å². The molecule has 0 aliphatic heterocycles. The predicted octanol–water partition coefficient (Wildman–Crippen LogP) is 5.48. The number of aryl methyl sites for hydroxylation is 3. The van der Waals surface area contributed by atoms with Crippen LogP contribution in [-0.4, -0.2) is 34.9 Å². The van der Waals surface area contributed by atoms with Crippen molar-refractivity contribution in [3.05, 3.63) is 85.8 Å². The van der Waals surface area contributed by atoms with Crippen molar-refractivity contribution in [1.29, 1.82) is 0 Å². The van der Waals surface area contributed by atoms with E-state index in [0.717, 1.165) is 11.3 Å². The van der Waals surface area contributed by atoms with Crippen molar-refractivity contribution in [2.24, 2.45) is 0 Å². The minimum Gasteiger partial charge on any atom is -0.497 e. The van der Waals surface area contributed by atoms with Gasteiger partial charge in [0.1, 0.15) is 16.4 Å². The van der Waals surface area contributed by atoms with Crippen LogP contribution in [0.3, 0.4) is 0 Å². The van der Waals surface area contributed by atoms with Gasteiger partial charge in [0.05, 0.1) is 23.1 Å². The van der Waals surface area contributed by atoms with Gasteiger partial charge < -0.3 is 14.6 Å². The van der Waals surface area contributed by atoms with E-state index in [1.54, 1.807) is 30.8 Å². The van der Waals surface area contributed by atoms with E-state index in [4.69, 9.17) is 4.74 Å². The van der Waals surface area contributed by atoms with E-state index in [1.807, 2.05) is 31.2 Å². The Kier molecular flexibility index (Phi) is 7.09. The van der Waals surface area contributed by atoms with E-state index >= 15 is 0 Å². The van der Waals surface area contributed by atoms with E-state index < -0.39 is 0 Å². The van der Waals surface area contributed by atoms with Crippen LogP contribution >= 0.6 is 23.1 Å². The quantitative estimate of drug-likeness (QED) is 0.345. The Morgan fingerprint density at radius 2 is 1.88 bits per heavy atom. The fourth-order valence-electron chi connectivity index (χ4n) is 3.72. The molecule has 1 N–H and O–H groups in total. The summed E-state index contributed by atoms with van der Waals surface area (Å²) in [4.78, 5) is 37.6. The van der Waals surface area contributed by atoms with Gasteiger partial charge in [-0.3, -0.25) is 9.59 Å². The molecule has 8 heteroatoms. The molecule has 6 nitrogen and oxygen atoms in total. The molecule has 2 aromatic carbocycles. The lowest BCUT2D eigenvalue weighted by atomic mass is 10.1. The van der Waals surface area contributed by atoms with Crippen LogP contribution in [0.2, 0.25) is 0 Å². The highest BCUT2D eigenvalue weighted by Gasteiger charge is 2.22. The van der Waals surface area contributed by atoms with Gasteiger partial charge in [0.15, 0.2) is 0 Å². The highest BCUT2D eigenvalue weighted by atomic mass is 32.2. The number of nitrogens with one attached hydrogen (secondary N) is 1. The summed E-state index contributed by atoms with van der Waals surface area (Å²) in [6.45, 7) is 6.41. The summed E-state index contributed by atoms with van der Waals surface area (Å²) >= 11 is 2.93. The van der Waals surface area contributed by atoms with Crippen LogP contribution in [0.5, 0.6) is 5.75 Å². The molecule has 4 rings (SSSR count). The van der Waals surface area contributed by atoms with Crippen molar-refractivity contribution in [3.8, 4) is 5.75 Å². The normalized spacial score (nSPS) is 11.1. The Balaban J connectivity index is 1.56. The molecule has 0 radical (unpaired) electrons. The topological polar surface area (TPSA) is 75.3 Å². The summed E-state index contributed by atoms with van der Waals surface area (Å²) in [6, 6.07) is 13.9. The molecule has 0 bridgehead atoms.